The Bertz CT molecular complexity index is 885. The number of amides is 3. The van der Waals surface area contributed by atoms with E-state index < -0.39 is 11.9 Å². The van der Waals surface area contributed by atoms with Gasteiger partial charge >= 0.3 is 6.03 Å². The van der Waals surface area contributed by atoms with Crippen LogP contribution in [-0.4, -0.2) is 48.6 Å². The van der Waals surface area contributed by atoms with Crippen molar-refractivity contribution < 1.29 is 18.7 Å². The van der Waals surface area contributed by atoms with Gasteiger partial charge in [-0.15, -0.1) is 0 Å². The van der Waals surface area contributed by atoms with Crippen LogP contribution in [0.5, 0.6) is 5.75 Å². The molecule has 0 aliphatic carbocycles. The summed E-state index contributed by atoms with van der Waals surface area (Å²) in [6.07, 6.45) is 0. The van der Waals surface area contributed by atoms with Crippen LogP contribution < -0.4 is 9.64 Å². The number of imide groups is 1. The molecule has 148 valence electrons. The first-order valence-corrected chi connectivity index (χ1v) is 9.04. The maximum absolute atomic E-state index is 13.9. The third kappa shape index (κ3) is 3.84. The minimum absolute atomic E-state index is 0.123. The van der Waals surface area contributed by atoms with Crippen LogP contribution in [-0.2, 0) is 11.3 Å². The number of hydrogen-bond donors (Lipinski definition) is 0. The number of halogens is 1. The molecule has 0 N–H and O–H groups in total. The lowest BCUT2D eigenvalue weighted by Crippen LogP contribution is -2.40. The van der Waals surface area contributed by atoms with Gasteiger partial charge in [0.2, 0.25) is 0 Å². The molecule has 0 aromatic heterocycles. The van der Waals surface area contributed by atoms with E-state index in [-0.39, 0.29) is 24.4 Å². The third-order valence-electron chi connectivity index (χ3n) is 4.81. The minimum Gasteiger partial charge on any atom is -0.494 e. The van der Waals surface area contributed by atoms with Crippen LogP contribution >= 0.6 is 0 Å². The number of urea groups is 1. The molecule has 1 aliphatic heterocycles. The number of methoxy groups -OCH3 is 1. The largest absolute Gasteiger partial charge is 0.494 e. The highest BCUT2D eigenvalue weighted by atomic mass is 19.1. The van der Waals surface area contributed by atoms with Gasteiger partial charge in [-0.1, -0.05) is 23.8 Å². The summed E-state index contributed by atoms with van der Waals surface area (Å²) in [7, 11) is 3.19. The maximum Gasteiger partial charge on any atom is 0.333 e. The number of carbonyl (C=O) groups excluding carboxylic acids is 2. The first-order valence-electron chi connectivity index (χ1n) is 9.04. The van der Waals surface area contributed by atoms with Crippen molar-refractivity contribution in [1.29, 1.82) is 0 Å². The van der Waals surface area contributed by atoms with Gasteiger partial charge in [-0.05, 0) is 50.7 Å². The van der Waals surface area contributed by atoms with Gasteiger partial charge in [0.1, 0.15) is 6.04 Å². The molecular weight excluding hydrogens is 361 g/mol. The van der Waals surface area contributed by atoms with Crippen molar-refractivity contribution in [2.75, 3.05) is 25.7 Å². The van der Waals surface area contributed by atoms with Crippen LogP contribution in [0.4, 0.5) is 14.9 Å². The molecule has 0 spiro atoms. The summed E-state index contributed by atoms with van der Waals surface area (Å²) in [5.74, 6) is -0.516. The molecule has 28 heavy (non-hydrogen) atoms. The summed E-state index contributed by atoms with van der Waals surface area (Å²) in [6, 6.07) is 11.3. The van der Waals surface area contributed by atoms with E-state index in [4.69, 9.17) is 4.74 Å². The zero-order chi connectivity index (χ0) is 20.4. The monoisotopic (exact) mass is 385 g/mol. The second kappa shape index (κ2) is 7.98. The standard InChI is InChI=1S/C21H24FN3O3/c1-14-5-8-17(9-6-14)25-15(2)20(26)24(21(25)27)13-23(3)12-16-7-10-19(28-4)18(22)11-16/h5-11,15H,12-13H2,1-4H3. The summed E-state index contributed by atoms with van der Waals surface area (Å²) in [6.45, 7) is 4.20. The van der Waals surface area contributed by atoms with Crippen molar-refractivity contribution >= 4 is 17.6 Å². The Hall–Kier alpha value is -2.93. The zero-order valence-corrected chi connectivity index (χ0v) is 16.5. The SMILES string of the molecule is COc1ccc(CN(C)CN2C(=O)C(C)N(c3ccc(C)cc3)C2=O)cc1F. The van der Waals surface area contributed by atoms with E-state index in [1.165, 1.54) is 23.0 Å². The number of nitrogens with zero attached hydrogens (tertiary/aromatic N) is 3. The van der Waals surface area contributed by atoms with Crippen LogP contribution in [0.2, 0.25) is 0 Å². The van der Waals surface area contributed by atoms with Crippen molar-refractivity contribution in [1.82, 2.24) is 9.80 Å². The fraction of sp³-hybridized carbons (Fsp3) is 0.333. The number of rotatable bonds is 6. The van der Waals surface area contributed by atoms with Gasteiger partial charge in [-0.25, -0.2) is 14.1 Å². The summed E-state index contributed by atoms with van der Waals surface area (Å²) in [5, 5.41) is 0. The van der Waals surface area contributed by atoms with E-state index in [0.29, 0.717) is 12.2 Å². The third-order valence-corrected chi connectivity index (χ3v) is 4.81. The van der Waals surface area contributed by atoms with E-state index in [1.807, 2.05) is 31.2 Å². The lowest BCUT2D eigenvalue weighted by atomic mass is 10.2. The van der Waals surface area contributed by atoms with E-state index >= 15 is 0 Å². The van der Waals surface area contributed by atoms with Crippen LogP contribution in [0.15, 0.2) is 42.5 Å². The van der Waals surface area contributed by atoms with Crippen molar-refractivity contribution in [2.24, 2.45) is 0 Å². The molecule has 0 bridgehead atoms. The lowest BCUT2D eigenvalue weighted by molar-refractivity contribution is -0.128. The number of benzene rings is 2. The number of ether oxygens (including phenoxy) is 1. The van der Waals surface area contributed by atoms with Gasteiger partial charge in [-0.3, -0.25) is 14.6 Å². The Labute approximate surface area is 164 Å². The van der Waals surface area contributed by atoms with Crippen molar-refractivity contribution in [3.05, 3.63) is 59.4 Å². The molecule has 1 aliphatic rings. The van der Waals surface area contributed by atoms with Gasteiger partial charge in [0.25, 0.3) is 5.91 Å². The van der Waals surface area contributed by atoms with Gasteiger partial charge in [-0.2, -0.15) is 0 Å². The van der Waals surface area contributed by atoms with Crippen molar-refractivity contribution in [3.63, 3.8) is 0 Å². The predicted octanol–water partition coefficient (Wildman–Crippen LogP) is 3.39. The molecule has 1 unspecified atom stereocenters. The Kier molecular flexibility index (Phi) is 5.65. The zero-order valence-electron chi connectivity index (χ0n) is 16.5. The second-order valence-electron chi connectivity index (χ2n) is 7.05. The topological polar surface area (TPSA) is 53.1 Å². The van der Waals surface area contributed by atoms with Crippen LogP contribution in [0, 0.1) is 12.7 Å². The van der Waals surface area contributed by atoms with Crippen LogP contribution in [0.3, 0.4) is 0 Å². The minimum atomic E-state index is -0.568. The molecule has 2 aromatic carbocycles. The smallest absolute Gasteiger partial charge is 0.333 e. The van der Waals surface area contributed by atoms with Gasteiger partial charge < -0.3 is 4.74 Å². The molecule has 3 rings (SSSR count). The average molecular weight is 385 g/mol. The molecule has 1 saturated heterocycles. The first-order chi connectivity index (χ1) is 13.3. The molecule has 2 aromatic rings. The summed E-state index contributed by atoms with van der Waals surface area (Å²) in [5.41, 5.74) is 2.50. The normalized spacial score (nSPS) is 17.0. The molecule has 7 heteroatoms. The molecule has 0 radical (unpaired) electrons. The Morgan fingerprint density at radius 3 is 2.43 bits per heavy atom. The Balaban J connectivity index is 1.71. The summed E-state index contributed by atoms with van der Waals surface area (Å²) >= 11 is 0. The molecule has 1 atom stereocenters. The number of carbonyl (C=O) groups is 2. The lowest BCUT2D eigenvalue weighted by Gasteiger charge is -2.23. The fourth-order valence-electron chi connectivity index (χ4n) is 3.31. The molecule has 0 saturated carbocycles. The predicted molar refractivity (Wildman–Crippen MR) is 105 cm³/mol. The van der Waals surface area contributed by atoms with E-state index in [1.54, 1.807) is 31.0 Å². The molecule has 3 amide bonds. The van der Waals surface area contributed by atoms with Gasteiger partial charge in [0.05, 0.1) is 13.8 Å². The Morgan fingerprint density at radius 2 is 1.82 bits per heavy atom. The fourth-order valence-corrected chi connectivity index (χ4v) is 3.31. The highest BCUT2D eigenvalue weighted by molar-refractivity contribution is 6.14. The van der Waals surface area contributed by atoms with E-state index in [2.05, 4.69) is 0 Å². The Morgan fingerprint density at radius 1 is 1.14 bits per heavy atom. The van der Waals surface area contributed by atoms with Gasteiger partial charge in [0, 0.05) is 12.2 Å². The molecule has 1 fully saturated rings. The van der Waals surface area contributed by atoms with Crippen molar-refractivity contribution in [2.45, 2.75) is 26.4 Å². The molecule has 1 heterocycles. The van der Waals surface area contributed by atoms with Crippen molar-refractivity contribution in [3.8, 4) is 5.75 Å². The maximum atomic E-state index is 13.9. The summed E-state index contributed by atoms with van der Waals surface area (Å²) < 4.78 is 18.8. The quantitative estimate of drug-likeness (QED) is 0.716. The van der Waals surface area contributed by atoms with Crippen LogP contribution in [0.1, 0.15) is 18.1 Å². The van der Waals surface area contributed by atoms with Crippen LogP contribution in [0.25, 0.3) is 0 Å². The number of anilines is 1. The van der Waals surface area contributed by atoms with E-state index in [9.17, 15) is 14.0 Å². The highest BCUT2D eigenvalue weighted by Gasteiger charge is 2.43. The number of hydrogen-bond acceptors (Lipinski definition) is 4. The molecular formula is C21H24FN3O3. The summed E-state index contributed by atoms with van der Waals surface area (Å²) in [4.78, 5) is 30.0. The van der Waals surface area contributed by atoms with E-state index in [0.717, 1.165) is 11.1 Å². The second-order valence-corrected chi connectivity index (χ2v) is 7.05. The number of aryl methyl sites for hydroxylation is 1. The first kappa shape index (κ1) is 19.8. The highest BCUT2D eigenvalue weighted by Crippen LogP contribution is 2.26. The molecule has 6 nitrogen and oxygen atoms in total. The van der Waals surface area contributed by atoms with Gasteiger partial charge in [0.15, 0.2) is 11.6 Å². The average Bonchev–Trinajstić information content (AvgIpc) is 2.86.